The molecule has 0 spiro atoms. The second-order valence-electron chi connectivity index (χ2n) is 13.4. The number of esters is 2. The summed E-state index contributed by atoms with van der Waals surface area (Å²) in [4.78, 5) is 80.3. The summed E-state index contributed by atoms with van der Waals surface area (Å²) in [5.41, 5.74) is 1.21. The lowest BCUT2D eigenvalue weighted by atomic mass is 9.95. The molecule has 0 radical (unpaired) electrons. The molecule has 4 saturated heterocycles. The lowest BCUT2D eigenvalue weighted by Gasteiger charge is -2.44. The summed E-state index contributed by atoms with van der Waals surface area (Å²) in [6.45, 7) is 5.23. The Kier molecular flexibility index (Phi) is 9.09. The molecule has 4 aliphatic heterocycles. The van der Waals surface area contributed by atoms with Gasteiger partial charge in [-0.2, -0.15) is 0 Å². The molecule has 4 fully saturated rings. The van der Waals surface area contributed by atoms with Gasteiger partial charge in [0.05, 0.1) is 11.2 Å². The largest absolute Gasteiger partial charge is 0.445 e. The van der Waals surface area contributed by atoms with Gasteiger partial charge in [-0.3, -0.25) is 14.4 Å². The van der Waals surface area contributed by atoms with Crippen LogP contribution < -0.4 is 10.6 Å². The molecule has 0 aliphatic carbocycles. The van der Waals surface area contributed by atoms with E-state index in [9.17, 15) is 37.2 Å². The zero-order valence-electron chi connectivity index (χ0n) is 27.6. The molecule has 266 valence electrons. The minimum Gasteiger partial charge on any atom is -0.445 e. The van der Waals surface area contributed by atoms with Crippen LogP contribution in [0.3, 0.4) is 0 Å². The molecule has 15 nitrogen and oxygen atoms in total. The summed E-state index contributed by atoms with van der Waals surface area (Å²) >= 11 is 1.26. The highest BCUT2D eigenvalue weighted by Gasteiger charge is 2.68. The molecule has 4 aliphatic rings. The van der Waals surface area contributed by atoms with Crippen molar-refractivity contribution in [1.29, 1.82) is 0 Å². The summed E-state index contributed by atoms with van der Waals surface area (Å²) in [6, 6.07) is 12.7. The fraction of sp³-hybridized carbons (Fsp3) is 0.455. The van der Waals surface area contributed by atoms with Crippen molar-refractivity contribution in [3.05, 3.63) is 71.8 Å². The number of ether oxygens (including phenoxy) is 3. The molecule has 1 unspecified atom stereocenters. The quantitative estimate of drug-likeness (QED) is 0.203. The molecule has 17 heteroatoms. The number of hydrogen-bond acceptors (Lipinski definition) is 12. The number of fused-ring (bicyclic) bond motifs is 2. The smallest absolute Gasteiger partial charge is 0.408 e. The Balaban J connectivity index is 1.07. The molecule has 6 atom stereocenters. The Hall–Kier alpha value is -4.64. The van der Waals surface area contributed by atoms with E-state index in [0.29, 0.717) is 5.56 Å². The number of sulfone groups is 1. The predicted molar refractivity (Wildman–Crippen MR) is 176 cm³/mol. The van der Waals surface area contributed by atoms with E-state index in [2.05, 4.69) is 10.6 Å². The van der Waals surface area contributed by atoms with Crippen molar-refractivity contribution in [3.8, 4) is 0 Å². The average molecular weight is 729 g/mol. The number of thioether (sulfide) groups is 1. The number of hydrogen-bond donors (Lipinski definition) is 2. The molecule has 6 rings (SSSR count). The third kappa shape index (κ3) is 5.95. The van der Waals surface area contributed by atoms with Crippen LogP contribution in [0.15, 0.2) is 60.7 Å². The van der Waals surface area contributed by atoms with Crippen molar-refractivity contribution < 1.29 is 51.4 Å². The van der Waals surface area contributed by atoms with Gasteiger partial charge in [-0.05, 0) is 38.8 Å². The Morgan fingerprint density at radius 2 is 1.48 bits per heavy atom. The number of carbonyl (C=O) groups excluding carboxylic acids is 6. The highest BCUT2D eigenvalue weighted by Crippen LogP contribution is 2.51. The highest BCUT2D eigenvalue weighted by atomic mass is 32.2. The van der Waals surface area contributed by atoms with Gasteiger partial charge in [0.25, 0.3) is 0 Å². The summed E-state index contributed by atoms with van der Waals surface area (Å²) in [7, 11) is -3.84. The van der Waals surface area contributed by atoms with E-state index in [1.54, 1.807) is 68.4 Å². The number of alkyl carbamates (subject to hydrolysis) is 1. The molecular weight excluding hydrogens is 693 g/mol. The molecule has 2 aromatic rings. The van der Waals surface area contributed by atoms with Crippen molar-refractivity contribution in [2.45, 2.75) is 85.1 Å². The summed E-state index contributed by atoms with van der Waals surface area (Å²) in [6.07, 6.45) is -1.05. The van der Waals surface area contributed by atoms with Gasteiger partial charge in [-0.25, -0.2) is 22.8 Å². The van der Waals surface area contributed by atoms with Gasteiger partial charge in [0, 0.05) is 4.75 Å². The van der Waals surface area contributed by atoms with E-state index in [-0.39, 0.29) is 13.0 Å². The minimum atomic E-state index is -3.84. The van der Waals surface area contributed by atoms with Crippen LogP contribution in [0, 0.1) is 0 Å². The molecular formula is C33H36N4O11S2. The Morgan fingerprint density at radius 3 is 2.10 bits per heavy atom. The zero-order chi connectivity index (χ0) is 36.2. The van der Waals surface area contributed by atoms with Crippen molar-refractivity contribution in [1.82, 2.24) is 20.4 Å². The highest BCUT2D eigenvalue weighted by molar-refractivity contribution is 8.01. The number of nitrogens with one attached hydrogen (secondary N) is 2. The SMILES string of the molecule is CC1(C)S[C@@H]2[C@H](NC(=O)C(NC(=O)OCc3ccccc3)c3ccccc3)C(=O)N2[C@H]1C(=O)OCOC(=O)[C@@H]1N2C(=O)C[C@H]2S(=O)(=O)C1(C)C. The lowest BCUT2D eigenvalue weighted by molar-refractivity contribution is -0.181. The average Bonchev–Trinajstić information content (AvgIpc) is 3.40. The normalized spacial score (nSPS) is 27.1. The van der Waals surface area contributed by atoms with Crippen molar-refractivity contribution in [3.63, 3.8) is 0 Å². The van der Waals surface area contributed by atoms with Crippen LogP contribution in [-0.2, 0) is 54.6 Å². The van der Waals surface area contributed by atoms with Crippen LogP contribution >= 0.6 is 11.8 Å². The first kappa shape index (κ1) is 35.2. The molecule has 0 bridgehead atoms. The monoisotopic (exact) mass is 728 g/mol. The molecule has 0 aromatic heterocycles. The van der Waals surface area contributed by atoms with Crippen LogP contribution in [-0.4, -0.2) is 99.1 Å². The van der Waals surface area contributed by atoms with Gasteiger partial charge in [0.15, 0.2) is 9.84 Å². The van der Waals surface area contributed by atoms with E-state index >= 15 is 0 Å². The van der Waals surface area contributed by atoms with E-state index < -0.39 is 96.8 Å². The topological polar surface area (TPSA) is 195 Å². The molecule has 2 aromatic carbocycles. The Labute approximate surface area is 292 Å². The first-order valence-corrected chi connectivity index (χ1v) is 18.2. The van der Waals surface area contributed by atoms with Crippen molar-refractivity contribution in [2.24, 2.45) is 0 Å². The lowest BCUT2D eigenvalue weighted by Crippen LogP contribution is -2.71. The van der Waals surface area contributed by atoms with Gasteiger partial charge >= 0.3 is 18.0 Å². The van der Waals surface area contributed by atoms with E-state index in [1.807, 2.05) is 6.07 Å². The second-order valence-corrected chi connectivity index (χ2v) is 17.8. The van der Waals surface area contributed by atoms with Crippen LogP contribution in [0.4, 0.5) is 4.79 Å². The second kappa shape index (κ2) is 12.9. The van der Waals surface area contributed by atoms with E-state index in [1.165, 1.54) is 30.5 Å². The maximum absolute atomic E-state index is 13.6. The van der Waals surface area contributed by atoms with E-state index in [0.717, 1.165) is 10.5 Å². The first-order chi connectivity index (χ1) is 23.6. The fourth-order valence-corrected chi connectivity index (χ4v) is 10.4. The number of nitrogens with zero attached hydrogens (tertiary/aromatic N) is 2. The van der Waals surface area contributed by atoms with Gasteiger partial charge in [-0.1, -0.05) is 60.7 Å². The van der Waals surface area contributed by atoms with Crippen LogP contribution in [0.1, 0.15) is 51.3 Å². The molecule has 4 amide bonds. The van der Waals surface area contributed by atoms with Gasteiger partial charge in [0.2, 0.25) is 24.5 Å². The molecule has 0 saturated carbocycles. The van der Waals surface area contributed by atoms with Gasteiger partial charge in [-0.15, -0.1) is 11.8 Å². The zero-order valence-corrected chi connectivity index (χ0v) is 29.2. The van der Waals surface area contributed by atoms with Crippen molar-refractivity contribution in [2.75, 3.05) is 6.79 Å². The van der Waals surface area contributed by atoms with Gasteiger partial charge < -0.3 is 34.6 Å². The summed E-state index contributed by atoms with van der Waals surface area (Å²) in [5, 5.41) is 3.53. The molecule has 50 heavy (non-hydrogen) atoms. The van der Waals surface area contributed by atoms with Crippen LogP contribution in [0.2, 0.25) is 0 Å². The third-order valence-electron chi connectivity index (χ3n) is 9.43. The summed E-state index contributed by atoms with van der Waals surface area (Å²) < 4.78 is 38.8. The maximum atomic E-state index is 13.6. The minimum absolute atomic E-state index is 0.0184. The third-order valence-corrected chi connectivity index (χ3v) is 13.8. The van der Waals surface area contributed by atoms with Crippen molar-refractivity contribution >= 4 is 57.4 Å². The number of carbonyl (C=O) groups is 6. The van der Waals surface area contributed by atoms with Crippen LogP contribution in [0.25, 0.3) is 0 Å². The number of amides is 4. The first-order valence-electron chi connectivity index (χ1n) is 15.8. The predicted octanol–water partition coefficient (Wildman–Crippen LogP) is 1.38. The number of benzene rings is 2. The molecule has 4 heterocycles. The number of rotatable bonds is 10. The maximum Gasteiger partial charge on any atom is 0.408 e. The fourth-order valence-electron chi connectivity index (χ4n) is 6.70. The van der Waals surface area contributed by atoms with E-state index in [4.69, 9.17) is 14.2 Å². The molecule has 2 N–H and O–H groups in total. The Bertz CT molecular complexity index is 1840. The van der Waals surface area contributed by atoms with Gasteiger partial charge in [0.1, 0.15) is 41.5 Å². The summed E-state index contributed by atoms with van der Waals surface area (Å²) in [5.74, 6) is -3.63. The Morgan fingerprint density at radius 1 is 0.880 bits per heavy atom. The number of β-lactam (4-membered cyclic amide) rings is 2. The van der Waals surface area contributed by atoms with Crippen LogP contribution in [0.5, 0.6) is 0 Å². The standard InChI is InChI=1S/C33H36N4O11S2/c1-32(2)24(29(41)47-17-48-30(42)25-33(3,4)50(44,45)21-15-20(38)36(21)25)37-27(40)23(28(37)49-32)34-26(39)22(19-13-9-6-10-14-19)35-31(43)46-16-18-11-7-5-8-12-18/h5-14,21-25,28H,15-17H2,1-4H3,(H,34,39)(H,35,43)/t21-,22?,23-,24+,25+,28-/m1/s1.